The van der Waals surface area contributed by atoms with E-state index >= 15 is 0 Å². The van der Waals surface area contributed by atoms with Crippen molar-refractivity contribution in [2.75, 3.05) is 11.9 Å². The first-order valence-electron chi connectivity index (χ1n) is 8.73. The number of hydrogen-bond donors (Lipinski definition) is 1. The highest BCUT2D eigenvalue weighted by molar-refractivity contribution is 6.12. The molecule has 1 N–H and O–H groups in total. The molecule has 2 aromatic carbocycles. The molecule has 2 heterocycles. The van der Waals surface area contributed by atoms with E-state index in [0.717, 1.165) is 36.8 Å². The summed E-state index contributed by atoms with van der Waals surface area (Å²) in [6.45, 7) is 1.56. The maximum Gasteiger partial charge on any atom is 0.256 e. The molecule has 1 aliphatic heterocycles. The molecule has 3 aromatic rings. The van der Waals surface area contributed by atoms with Gasteiger partial charge in [-0.15, -0.1) is 0 Å². The van der Waals surface area contributed by atoms with Crippen LogP contribution in [0.5, 0.6) is 0 Å². The van der Waals surface area contributed by atoms with Gasteiger partial charge in [-0.25, -0.2) is 0 Å². The summed E-state index contributed by atoms with van der Waals surface area (Å²) < 4.78 is 7.58. The van der Waals surface area contributed by atoms with Gasteiger partial charge in [0.25, 0.3) is 5.91 Å². The lowest BCUT2D eigenvalue weighted by atomic mass is 10.0. The Morgan fingerprint density at radius 2 is 2.08 bits per heavy atom. The first-order valence-corrected chi connectivity index (χ1v) is 8.73. The zero-order valence-corrected chi connectivity index (χ0v) is 14.0. The molecule has 4 rings (SSSR count). The van der Waals surface area contributed by atoms with Crippen LogP contribution >= 0.6 is 0 Å². The van der Waals surface area contributed by atoms with Crippen LogP contribution < -0.4 is 5.32 Å². The van der Waals surface area contributed by atoms with Crippen LogP contribution in [0, 0.1) is 0 Å². The minimum absolute atomic E-state index is 0.120. The molecule has 0 spiro atoms. The van der Waals surface area contributed by atoms with Gasteiger partial charge in [0.05, 0.1) is 24.5 Å². The van der Waals surface area contributed by atoms with Crippen molar-refractivity contribution in [2.45, 2.75) is 31.9 Å². The lowest BCUT2D eigenvalue weighted by Gasteiger charge is -2.22. The summed E-state index contributed by atoms with van der Waals surface area (Å²) in [6.07, 6.45) is 7.18. The molecule has 1 saturated heterocycles. The number of carbonyl (C=O) groups is 1. The van der Waals surface area contributed by atoms with E-state index < -0.39 is 0 Å². The molecule has 0 saturated carbocycles. The number of anilines is 1. The molecular weight excluding hydrogens is 314 g/mol. The van der Waals surface area contributed by atoms with Crippen molar-refractivity contribution in [3.8, 4) is 0 Å². The maximum absolute atomic E-state index is 12.7. The molecule has 128 valence electrons. The highest BCUT2D eigenvalue weighted by atomic mass is 16.5. The minimum Gasteiger partial charge on any atom is -0.376 e. The van der Waals surface area contributed by atoms with E-state index in [4.69, 9.17) is 4.74 Å². The summed E-state index contributed by atoms with van der Waals surface area (Å²) in [5.41, 5.74) is 1.37. The third-order valence-corrected chi connectivity index (χ3v) is 4.59. The highest BCUT2D eigenvalue weighted by Gasteiger charge is 2.16. The van der Waals surface area contributed by atoms with Gasteiger partial charge < -0.3 is 10.1 Å². The van der Waals surface area contributed by atoms with E-state index in [-0.39, 0.29) is 12.0 Å². The molecule has 0 aliphatic carbocycles. The topological polar surface area (TPSA) is 56.2 Å². The zero-order valence-electron chi connectivity index (χ0n) is 14.0. The normalized spacial score (nSPS) is 17.5. The molecule has 1 aliphatic rings. The van der Waals surface area contributed by atoms with Crippen LogP contribution in [-0.4, -0.2) is 28.4 Å². The van der Waals surface area contributed by atoms with Crippen LogP contribution in [0.15, 0.2) is 54.9 Å². The van der Waals surface area contributed by atoms with Crippen LogP contribution in [0.4, 0.5) is 5.69 Å². The second kappa shape index (κ2) is 7.07. The highest BCUT2D eigenvalue weighted by Crippen LogP contribution is 2.20. The van der Waals surface area contributed by atoms with Crippen molar-refractivity contribution >= 4 is 22.4 Å². The average molecular weight is 335 g/mol. The van der Waals surface area contributed by atoms with Crippen LogP contribution in [0.3, 0.4) is 0 Å². The quantitative estimate of drug-likeness (QED) is 0.788. The summed E-state index contributed by atoms with van der Waals surface area (Å²) in [5, 5.41) is 9.29. The van der Waals surface area contributed by atoms with Crippen molar-refractivity contribution in [2.24, 2.45) is 0 Å². The van der Waals surface area contributed by atoms with E-state index in [1.807, 2.05) is 53.3 Å². The van der Waals surface area contributed by atoms with Crippen molar-refractivity contribution in [3.05, 3.63) is 60.4 Å². The Hall–Kier alpha value is -2.66. The van der Waals surface area contributed by atoms with Crippen LogP contribution in [0.2, 0.25) is 0 Å². The van der Waals surface area contributed by atoms with E-state index in [0.29, 0.717) is 11.3 Å². The average Bonchev–Trinajstić information content (AvgIpc) is 3.09. The zero-order chi connectivity index (χ0) is 17.1. The number of benzene rings is 2. The van der Waals surface area contributed by atoms with Gasteiger partial charge in [-0.05, 0) is 36.1 Å². The fourth-order valence-electron chi connectivity index (χ4n) is 3.31. The summed E-state index contributed by atoms with van der Waals surface area (Å²) >= 11 is 0. The van der Waals surface area contributed by atoms with Crippen LogP contribution in [-0.2, 0) is 11.3 Å². The van der Waals surface area contributed by atoms with E-state index in [1.54, 1.807) is 6.20 Å². The predicted molar refractivity (Wildman–Crippen MR) is 97.7 cm³/mol. The number of aromatic nitrogens is 2. The number of ether oxygens (including phenoxy) is 1. The number of fused-ring (bicyclic) bond motifs is 1. The third kappa shape index (κ3) is 3.56. The Kier molecular flexibility index (Phi) is 4.48. The molecular formula is C20H21N3O2. The smallest absolute Gasteiger partial charge is 0.256 e. The van der Waals surface area contributed by atoms with Gasteiger partial charge in [0.1, 0.15) is 0 Å². The van der Waals surface area contributed by atoms with Crippen LogP contribution in [0.25, 0.3) is 10.8 Å². The van der Waals surface area contributed by atoms with Gasteiger partial charge in [0.15, 0.2) is 0 Å². The van der Waals surface area contributed by atoms with Crippen LogP contribution in [0.1, 0.15) is 29.6 Å². The van der Waals surface area contributed by atoms with Crippen molar-refractivity contribution < 1.29 is 9.53 Å². The number of rotatable bonds is 4. The molecule has 0 bridgehead atoms. The van der Waals surface area contributed by atoms with Gasteiger partial charge in [0.2, 0.25) is 0 Å². The Labute approximate surface area is 146 Å². The molecule has 0 unspecified atom stereocenters. The summed E-state index contributed by atoms with van der Waals surface area (Å²) in [4.78, 5) is 12.7. The minimum atomic E-state index is -0.120. The fraction of sp³-hybridized carbons (Fsp3) is 0.300. The number of nitrogens with one attached hydrogen (secondary N) is 1. The lowest BCUT2D eigenvalue weighted by molar-refractivity contribution is 0.00401. The van der Waals surface area contributed by atoms with Gasteiger partial charge in [-0.2, -0.15) is 5.10 Å². The monoisotopic (exact) mass is 335 g/mol. The molecule has 5 nitrogen and oxygen atoms in total. The Morgan fingerprint density at radius 1 is 1.20 bits per heavy atom. The Balaban J connectivity index is 1.47. The summed E-state index contributed by atoms with van der Waals surface area (Å²) in [5.74, 6) is -0.120. The number of hydrogen-bond acceptors (Lipinski definition) is 3. The third-order valence-electron chi connectivity index (χ3n) is 4.59. The maximum atomic E-state index is 12.7. The van der Waals surface area contributed by atoms with Gasteiger partial charge in [-0.1, -0.05) is 36.4 Å². The van der Waals surface area contributed by atoms with E-state index in [1.165, 1.54) is 6.42 Å². The first kappa shape index (κ1) is 15.8. The molecule has 25 heavy (non-hydrogen) atoms. The van der Waals surface area contributed by atoms with E-state index in [9.17, 15) is 4.79 Å². The van der Waals surface area contributed by atoms with Crippen molar-refractivity contribution in [1.82, 2.24) is 9.78 Å². The van der Waals surface area contributed by atoms with Crippen molar-refractivity contribution in [1.29, 1.82) is 0 Å². The SMILES string of the molecule is O=C(Nc1cnn(C[C@H]2CCCCO2)c1)c1cccc2ccccc12. The molecule has 1 aromatic heterocycles. The fourth-order valence-corrected chi connectivity index (χ4v) is 3.31. The van der Waals surface area contributed by atoms with E-state index in [2.05, 4.69) is 10.4 Å². The van der Waals surface area contributed by atoms with Crippen molar-refractivity contribution in [3.63, 3.8) is 0 Å². The van der Waals surface area contributed by atoms with Gasteiger partial charge in [0, 0.05) is 18.4 Å². The molecule has 5 heteroatoms. The summed E-state index contributed by atoms with van der Waals surface area (Å²) in [7, 11) is 0. The molecule has 0 radical (unpaired) electrons. The number of amides is 1. The second-order valence-electron chi connectivity index (χ2n) is 6.42. The summed E-state index contributed by atoms with van der Waals surface area (Å²) in [6, 6.07) is 13.7. The molecule has 1 amide bonds. The van der Waals surface area contributed by atoms with Gasteiger partial charge >= 0.3 is 0 Å². The predicted octanol–water partition coefficient (Wildman–Crippen LogP) is 3.86. The Bertz CT molecular complexity index is 876. The largest absolute Gasteiger partial charge is 0.376 e. The standard InChI is InChI=1S/C20H21N3O2/c24-20(19-10-5-7-15-6-1-2-9-18(15)19)22-16-12-21-23(13-16)14-17-8-3-4-11-25-17/h1-2,5-7,9-10,12-13,17H,3-4,8,11,14H2,(H,22,24)/t17-/m1/s1. The second-order valence-corrected chi connectivity index (χ2v) is 6.42. The van der Waals surface area contributed by atoms with Gasteiger partial charge in [-0.3, -0.25) is 9.48 Å². The molecule has 1 atom stereocenters. The lowest BCUT2D eigenvalue weighted by Crippen LogP contribution is -2.24. The number of carbonyl (C=O) groups excluding carboxylic acids is 1. The first-order chi connectivity index (χ1) is 12.3. The Morgan fingerprint density at radius 3 is 2.96 bits per heavy atom. The number of nitrogens with zero attached hydrogens (tertiary/aromatic N) is 2. The molecule has 1 fully saturated rings.